The molecule has 0 aliphatic heterocycles. The van der Waals surface area contributed by atoms with Gasteiger partial charge in [0.1, 0.15) is 0 Å². The third kappa shape index (κ3) is 9.93. The van der Waals surface area contributed by atoms with E-state index in [1.807, 2.05) is 0 Å². The van der Waals surface area contributed by atoms with Gasteiger partial charge in [0, 0.05) is 19.6 Å². The zero-order valence-corrected chi connectivity index (χ0v) is 10.5. The van der Waals surface area contributed by atoms with Crippen molar-refractivity contribution >= 4 is 5.97 Å². The quantitative estimate of drug-likeness (QED) is 0.534. The maximum absolute atomic E-state index is 10.3. The number of carboxylic acids is 1. The molecular weight excluding hydrogens is 206 g/mol. The highest BCUT2D eigenvalue weighted by atomic mass is 16.5. The van der Waals surface area contributed by atoms with E-state index in [0.29, 0.717) is 6.04 Å². The molecule has 96 valence electrons. The van der Waals surface area contributed by atoms with Crippen LogP contribution in [0.25, 0.3) is 0 Å². The van der Waals surface area contributed by atoms with Gasteiger partial charge in [0.15, 0.2) is 0 Å². The molecule has 0 aromatic rings. The Morgan fingerprint density at radius 3 is 2.69 bits per heavy atom. The van der Waals surface area contributed by atoms with Crippen molar-refractivity contribution in [2.45, 2.75) is 51.5 Å². The molecule has 0 aliphatic carbocycles. The van der Waals surface area contributed by atoms with Gasteiger partial charge in [-0.2, -0.15) is 0 Å². The summed E-state index contributed by atoms with van der Waals surface area (Å²) in [5.41, 5.74) is 0. The van der Waals surface area contributed by atoms with Crippen LogP contribution in [0, 0.1) is 0 Å². The number of methoxy groups -OCH3 is 1. The minimum atomic E-state index is -0.698. The molecule has 0 heterocycles. The van der Waals surface area contributed by atoms with Crippen LogP contribution in [-0.4, -0.2) is 37.4 Å². The van der Waals surface area contributed by atoms with Gasteiger partial charge < -0.3 is 15.2 Å². The number of rotatable bonds is 11. The first-order valence-corrected chi connectivity index (χ1v) is 6.14. The lowest BCUT2D eigenvalue weighted by Crippen LogP contribution is -2.33. The molecule has 0 bridgehead atoms. The number of ether oxygens (including phenoxy) is 1. The lowest BCUT2D eigenvalue weighted by Gasteiger charge is -2.16. The Labute approximate surface area is 98.4 Å². The molecule has 0 aromatic carbocycles. The van der Waals surface area contributed by atoms with Crippen molar-refractivity contribution < 1.29 is 14.6 Å². The summed E-state index contributed by atoms with van der Waals surface area (Å²) >= 11 is 0. The second kappa shape index (κ2) is 10.9. The second-order valence-corrected chi connectivity index (χ2v) is 4.10. The highest BCUT2D eigenvalue weighted by Crippen LogP contribution is 2.01. The minimum absolute atomic E-state index is 0.288. The molecule has 0 rings (SSSR count). The van der Waals surface area contributed by atoms with Crippen molar-refractivity contribution in [3.8, 4) is 0 Å². The Balaban J connectivity index is 3.35. The average Bonchev–Trinajstić information content (AvgIpc) is 2.23. The summed E-state index contributed by atoms with van der Waals surface area (Å²) in [5.74, 6) is -0.698. The van der Waals surface area contributed by atoms with Gasteiger partial charge in [-0.25, -0.2) is 0 Å². The van der Waals surface area contributed by atoms with Crippen LogP contribution in [0.5, 0.6) is 0 Å². The van der Waals surface area contributed by atoms with Crippen LogP contribution in [0.1, 0.15) is 45.4 Å². The highest BCUT2D eigenvalue weighted by molar-refractivity contribution is 5.66. The van der Waals surface area contributed by atoms with Crippen LogP contribution < -0.4 is 5.32 Å². The van der Waals surface area contributed by atoms with Crippen LogP contribution in [0.3, 0.4) is 0 Å². The molecule has 0 saturated heterocycles. The SMILES string of the molecule is CCCC(COC)NCCCCCC(=O)O. The van der Waals surface area contributed by atoms with Gasteiger partial charge in [0.05, 0.1) is 6.61 Å². The molecule has 4 heteroatoms. The largest absolute Gasteiger partial charge is 0.481 e. The molecule has 2 N–H and O–H groups in total. The van der Waals surface area contributed by atoms with Crippen molar-refractivity contribution in [2.24, 2.45) is 0 Å². The van der Waals surface area contributed by atoms with Gasteiger partial charge in [-0.05, 0) is 25.8 Å². The van der Waals surface area contributed by atoms with Gasteiger partial charge in [0.2, 0.25) is 0 Å². The molecule has 0 aromatic heterocycles. The van der Waals surface area contributed by atoms with Crippen LogP contribution >= 0.6 is 0 Å². The Morgan fingerprint density at radius 2 is 2.12 bits per heavy atom. The van der Waals surface area contributed by atoms with Crippen LogP contribution in [-0.2, 0) is 9.53 Å². The Kier molecular flexibility index (Phi) is 10.5. The Bertz CT molecular complexity index is 168. The smallest absolute Gasteiger partial charge is 0.303 e. The molecule has 0 radical (unpaired) electrons. The fourth-order valence-corrected chi connectivity index (χ4v) is 1.68. The zero-order chi connectivity index (χ0) is 12.2. The molecule has 0 aliphatic rings. The third-order valence-electron chi connectivity index (χ3n) is 2.51. The van der Waals surface area contributed by atoms with Crippen molar-refractivity contribution in [1.29, 1.82) is 0 Å². The monoisotopic (exact) mass is 231 g/mol. The predicted octanol–water partition coefficient (Wildman–Crippen LogP) is 2.04. The van der Waals surface area contributed by atoms with Gasteiger partial charge in [-0.15, -0.1) is 0 Å². The maximum atomic E-state index is 10.3. The topological polar surface area (TPSA) is 58.6 Å². The molecule has 0 fully saturated rings. The minimum Gasteiger partial charge on any atom is -0.481 e. The molecular formula is C12H25NO3. The molecule has 4 nitrogen and oxygen atoms in total. The molecule has 0 amide bonds. The number of hydrogen-bond acceptors (Lipinski definition) is 3. The Morgan fingerprint density at radius 1 is 1.38 bits per heavy atom. The van der Waals surface area contributed by atoms with E-state index in [4.69, 9.17) is 9.84 Å². The number of carboxylic acid groups (broad SMARTS) is 1. The van der Waals surface area contributed by atoms with Crippen molar-refractivity contribution in [3.63, 3.8) is 0 Å². The number of aliphatic carboxylic acids is 1. The fraction of sp³-hybridized carbons (Fsp3) is 0.917. The van der Waals surface area contributed by atoms with Gasteiger partial charge >= 0.3 is 5.97 Å². The maximum Gasteiger partial charge on any atom is 0.303 e. The first kappa shape index (κ1) is 15.4. The molecule has 0 spiro atoms. The van der Waals surface area contributed by atoms with Crippen molar-refractivity contribution in [1.82, 2.24) is 5.32 Å². The lowest BCUT2D eigenvalue weighted by molar-refractivity contribution is -0.137. The molecule has 16 heavy (non-hydrogen) atoms. The average molecular weight is 231 g/mol. The first-order chi connectivity index (χ1) is 7.70. The molecule has 1 atom stereocenters. The van der Waals surface area contributed by atoms with E-state index in [9.17, 15) is 4.79 Å². The Hall–Kier alpha value is -0.610. The van der Waals surface area contributed by atoms with E-state index >= 15 is 0 Å². The van der Waals surface area contributed by atoms with Gasteiger partial charge in [-0.1, -0.05) is 19.8 Å². The third-order valence-corrected chi connectivity index (χ3v) is 2.51. The fourth-order valence-electron chi connectivity index (χ4n) is 1.68. The van der Waals surface area contributed by atoms with Gasteiger partial charge in [-0.3, -0.25) is 4.79 Å². The van der Waals surface area contributed by atoms with E-state index in [0.717, 1.165) is 45.3 Å². The number of carbonyl (C=O) groups is 1. The number of hydrogen-bond donors (Lipinski definition) is 2. The summed E-state index contributed by atoms with van der Waals surface area (Å²) in [6.07, 6.45) is 5.36. The lowest BCUT2D eigenvalue weighted by atomic mass is 10.1. The van der Waals surface area contributed by atoms with E-state index in [1.54, 1.807) is 7.11 Å². The predicted molar refractivity (Wildman–Crippen MR) is 64.7 cm³/mol. The van der Waals surface area contributed by atoms with E-state index in [-0.39, 0.29) is 6.42 Å². The van der Waals surface area contributed by atoms with Crippen LogP contribution in [0.15, 0.2) is 0 Å². The second-order valence-electron chi connectivity index (χ2n) is 4.10. The first-order valence-electron chi connectivity index (χ1n) is 6.14. The zero-order valence-electron chi connectivity index (χ0n) is 10.5. The summed E-state index contributed by atoms with van der Waals surface area (Å²) < 4.78 is 5.13. The summed E-state index contributed by atoms with van der Waals surface area (Å²) in [6, 6.07) is 0.439. The van der Waals surface area contributed by atoms with E-state index in [1.165, 1.54) is 0 Å². The van der Waals surface area contributed by atoms with E-state index in [2.05, 4.69) is 12.2 Å². The molecule has 1 unspecified atom stereocenters. The van der Waals surface area contributed by atoms with Crippen LogP contribution in [0.4, 0.5) is 0 Å². The van der Waals surface area contributed by atoms with Gasteiger partial charge in [0.25, 0.3) is 0 Å². The number of nitrogens with one attached hydrogen (secondary N) is 1. The number of unbranched alkanes of at least 4 members (excludes halogenated alkanes) is 2. The molecule has 0 saturated carbocycles. The standard InChI is InChI=1S/C12H25NO3/c1-3-7-11(10-16-2)13-9-6-4-5-8-12(14)15/h11,13H,3-10H2,1-2H3,(H,14,15). The summed E-state index contributed by atoms with van der Waals surface area (Å²) in [7, 11) is 1.72. The van der Waals surface area contributed by atoms with E-state index < -0.39 is 5.97 Å². The van der Waals surface area contributed by atoms with Crippen molar-refractivity contribution in [2.75, 3.05) is 20.3 Å². The summed E-state index contributed by atoms with van der Waals surface area (Å²) in [6.45, 7) is 3.87. The van der Waals surface area contributed by atoms with Crippen LogP contribution in [0.2, 0.25) is 0 Å². The highest BCUT2D eigenvalue weighted by Gasteiger charge is 2.05. The summed E-state index contributed by atoms with van der Waals surface area (Å²) in [4.78, 5) is 10.3. The normalized spacial score (nSPS) is 12.6. The van der Waals surface area contributed by atoms with Crippen molar-refractivity contribution in [3.05, 3.63) is 0 Å². The summed E-state index contributed by atoms with van der Waals surface area (Å²) in [5, 5.41) is 11.9.